The molecule has 0 saturated carbocycles. The van der Waals surface area contributed by atoms with Gasteiger partial charge in [0.15, 0.2) is 6.61 Å². The van der Waals surface area contributed by atoms with Crippen LogP contribution in [0.1, 0.15) is 10.4 Å². The summed E-state index contributed by atoms with van der Waals surface area (Å²) in [5.41, 5.74) is 0.120. The molecule has 0 radical (unpaired) electrons. The molecule has 0 aliphatic carbocycles. The number of hydrogen-bond donors (Lipinski definition) is 1. The third-order valence-electron chi connectivity index (χ3n) is 2.53. The molecule has 0 aliphatic heterocycles. The summed E-state index contributed by atoms with van der Waals surface area (Å²) in [6.45, 7) is -0.203. The second-order valence-corrected chi connectivity index (χ2v) is 3.98. The van der Waals surface area contributed by atoms with Gasteiger partial charge in [0.2, 0.25) is 0 Å². The molecule has 21 heavy (non-hydrogen) atoms. The summed E-state index contributed by atoms with van der Waals surface area (Å²) >= 11 is 0. The van der Waals surface area contributed by atoms with Crippen molar-refractivity contribution in [2.45, 2.75) is 0 Å². The van der Waals surface area contributed by atoms with Crippen molar-refractivity contribution < 1.29 is 70.8 Å². The summed E-state index contributed by atoms with van der Waals surface area (Å²) in [5.74, 6) is -1.22. The van der Waals surface area contributed by atoms with Crippen LogP contribution < -0.4 is 66.5 Å². The summed E-state index contributed by atoms with van der Waals surface area (Å²) in [6, 6.07) is 14.9. The van der Waals surface area contributed by atoms with Crippen LogP contribution in [0.4, 0.5) is 5.69 Å². The van der Waals surface area contributed by atoms with E-state index in [1.54, 1.807) is 36.4 Å². The van der Waals surface area contributed by atoms with Crippen molar-refractivity contribution >= 4 is 17.6 Å². The van der Waals surface area contributed by atoms with E-state index < -0.39 is 11.9 Å². The maximum Gasteiger partial charge on any atom is 1.00 e. The molecule has 0 aliphatic rings. The van der Waals surface area contributed by atoms with E-state index in [2.05, 4.69) is 5.32 Å². The molecule has 0 unspecified atom stereocenters. The molecule has 102 valence electrons. The molecule has 0 fully saturated rings. The molecule has 2 rings (SSSR count). The minimum absolute atomic E-state index is 0. The summed E-state index contributed by atoms with van der Waals surface area (Å²) in [7, 11) is 0. The van der Waals surface area contributed by atoms with Gasteiger partial charge in [-0.3, -0.25) is 4.79 Å². The third kappa shape index (κ3) is 5.60. The molecule has 0 spiro atoms. The number of carbonyl (C=O) groups is 2. The smallest absolute Gasteiger partial charge is 0.545 e. The summed E-state index contributed by atoms with van der Waals surface area (Å²) in [5, 5.41) is 13.4. The molecule has 0 aromatic heterocycles. The van der Waals surface area contributed by atoms with E-state index in [4.69, 9.17) is 4.74 Å². The third-order valence-corrected chi connectivity index (χ3v) is 2.53. The fraction of sp³-hybridized carbons (Fsp3) is 0.0667. The van der Waals surface area contributed by atoms with E-state index in [0.29, 0.717) is 5.75 Å². The Labute approximate surface area is 164 Å². The number of rotatable bonds is 5. The number of hydrogen-bond acceptors (Lipinski definition) is 4. The average Bonchev–Trinajstić information content (AvgIpc) is 2.46. The van der Waals surface area contributed by atoms with Gasteiger partial charge in [0.1, 0.15) is 5.75 Å². The van der Waals surface area contributed by atoms with Crippen LogP contribution >= 0.6 is 0 Å². The van der Waals surface area contributed by atoms with Crippen molar-refractivity contribution in [3.05, 3.63) is 60.2 Å². The minimum Gasteiger partial charge on any atom is -0.545 e. The van der Waals surface area contributed by atoms with Crippen LogP contribution in [0.15, 0.2) is 54.6 Å². The van der Waals surface area contributed by atoms with Gasteiger partial charge in [0.05, 0.1) is 5.97 Å². The zero-order valence-corrected chi connectivity index (χ0v) is 14.7. The van der Waals surface area contributed by atoms with Gasteiger partial charge in [0, 0.05) is 11.3 Å². The van der Waals surface area contributed by atoms with Gasteiger partial charge in [-0.15, -0.1) is 0 Å². The van der Waals surface area contributed by atoms with Crippen LogP contribution in [-0.4, -0.2) is 18.5 Å². The summed E-state index contributed by atoms with van der Waals surface area (Å²) in [6.07, 6.45) is 0. The monoisotopic (exact) mass is 309 g/mol. The zero-order valence-electron chi connectivity index (χ0n) is 11.5. The Bertz CT molecular complexity index is 616. The maximum absolute atomic E-state index is 11.7. The molecule has 2 aromatic rings. The fourth-order valence-corrected chi connectivity index (χ4v) is 1.62. The molecule has 0 saturated heterocycles. The number of carboxylic acids is 1. The molecule has 2 aromatic carbocycles. The Hall–Kier alpha value is -1.18. The Morgan fingerprint density at radius 3 is 2.29 bits per heavy atom. The van der Waals surface area contributed by atoms with E-state index in [-0.39, 0.29) is 69.2 Å². The molecular formula is C15H12KNO4. The Morgan fingerprint density at radius 2 is 1.62 bits per heavy atom. The predicted molar refractivity (Wildman–Crippen MR) is 71.3 cm³/mol. The summed E-state index contributed by atoms with van der Waals surface area (Å²) < 4.78 is 5.27. The Morgan fingerprint density at radius 1 is 1.00 bits per heavy atom. The largest absolute Gasteiger partial charge is 1.00 e. The predicted octanol–water partition coefficient (Wildman–Crippen LogP) is -1.93. The average molecular weight is 309 g/mol. The SMILES string of the molecule is O=C(COc1ccccc1)Nc1ccccc1C(=O)[O-].[K+]. The number of ether oxygens (including phenoxy) is 1. The van der Waals surface area contributed by atoms with Crippen LogP contribution in [0.25, 0.3) is 0 Å². The number of carbonyl (C=O) groups excluding carboxylic acids is 2. The van der Waals surface area contributed by atoms with Crippen LogP contribution in [0.3, 0.4) is 0 Å². The van der Waals surface area contributed by atoms with Crippen LogP contribution in [0.5, 0.6) is 5.75 Å². The summed E-state index contributed by atoms with van der Waals surface area (Å²) in [4.78, 5) is 22.6. The zero-order chi connectivity index (χ0) is 14.4. The molecule has 0 atom stereocenters. The number of para-hydroxylation sites is 2. The van der Waals surface area contributed by atoms with Gasteiger partial charge >= 0.3 is 51.4 Å². The topological polar surface area (TPSA) is 78.5 Å². The molecular weight excluding hydrogens is 297 g/mol. The molecule has 5 nitrogen and oxygen atoms in total. The van der Waals surface area contributed by atoms with Gasteiger partial charge in [-0.05, 0) is 18.2 Å². The number of aromatic carboxylic acids is 1. The van der Waals surface area contributed by atoms with E-state index in [1.165, 1.54) is 12.1 Å². The van der Waals surface area contributed by atoms with Crippen molar-refractivity contribution in [3.8, 4) is 5.75 Å². The van der Waals surface area contributed by atoms with Crippen LogP contribution in [-0.2, 0) is 4.79 Å². The van der Waals surface area contributed by atoms with Crippen molar-refractivity contribution in [2.75, 3.05) is 11.9 Å². The van der Waals surface area contributed by atoms with Gasteiger partial charge in [-0.25, -0.2) is 0 Å². The van der Waals surface area contributed by atoms with E-state index in [9.17, 15) is 14.7 Å². The van der Waals surface area contributed by atoms with Crippen molar-refractivity contribution in [1.29, 1.82) is 0 Å². The second-order valence-electron chi connectivity index (χ2n) is 3.98. The minimum atomic E-state index is -1.34. The van der Waals surface area contributed by atoms with Crippen molar-refractivity contribution in [1.82, 2.24) is 0 Å². The van der Waals surface area contributed by atoms with Gasteiger partial charge in [-0.1, -0.05) is 36.4 Å². The fourth-order valence-electron chi connectivity index (χ4n) is 1.62. The van der Waals surface area contributed by atoms with E-state index in [1.807, 2.05) is 6.07 Å². The van der Waals surface area contributed by atoms with Crippen molar-refractivity contribution in [3.63, 3.8) is 0 Å². The van der Waals surface area contributed by atoms with E-state index >= 15 is 0 Å². The van der Waals surface area contributed by atoms with Crippen LogP contribution in [0.2, 0.25) is 0 Å². The molecule has 1 N–H and O–H groups in total. The second kappa shape index (κ2) is 8.96. The van der Waals surface area contributed by atoms with Crippen molar-refractivity contribution in [2.24, 2.45) is 0 Å². The van der Waals surface area contributed by atoms with E-state index in [0.717, 1.165) is 0 Å². The molecule has 0 bridgehead atoms. The number of anilines is 1. The maximum atomic E-state index is 11.7. The molecule has 1 amide bonds. The Kier molecular flexibility index (Phi) is 7.62. The number of benzene rings is 2. The first kappa shape index (κ1) is 17.9. The molecule has 0 heterocycles. The number of nitrogens with one attached hydrogen (secondary N) is 1. The first-order valence-electron chi connectivity index (χ1n) is 5.95. The first-order chi connectivity index (χ1) is 9.66. The van der Waals surface area contributed by atoms with Gasteiger partial charge < -0.3 is 20.0 Å². The quantitative estimate of drug-likeness (QED) is 0.653. The van der Waals surface area contributed by atoms with Gasteiger partial charge in [0.25, 0.3) is 5.91 Å². The Balaban J connectivity index is 0.00000220. The number of amides is 1. The normalized spacial score (nSPS) is 9.33. The van der Waals surface area contributed by atoms with Crippen LogP contribution in [0, 0.1) is 0 Å². The molecule has 6 heteroatoms. The van der Waals surface area contributed by atoms with Gasteiger partial charge in [-0.2, -0.15) is 0 Å². The number of carboxylic acid groups (broad SMARTS) is 1. The first-order valence-corrected chi connectivity index (χ1v) is 5.95. The standard InChI is InChI=1S/C15H13NO4.K/c17-14(10-20-11-6-2-1-3-7-11)16-13-9-5-4-8-12(13)15(18)19;/h1-9H,10H2,(H,16,17)(H,18,19);/q;+1/p-1.